The second kappa shape index (κ2) is 8.68. The monoisotopic (exact) mass is 385 g/mol. The van der Waals surface area contributed by atoms with Crippen molar-refractivity contribution in [2.75, 3.05) is 0 Å². The number of amides is 1. The summed E-state index contributed by atoms with van der Waals surface area (Å²) in [6, 6.07) is 12.9. The van der Waals surface area contributed by atoms with Gasteiger partial charge in [-0.15, -0.1) is 0 Å². The van der Waals surface area contributed by atoms with Crippen LogP contribution in [0.4, 0.5) is 0 Å². The van der Waals surface area contributed by atoms with E-state index >= 15 is 0 Å². The number of benzene rings is 1. The molecule has 2 heterocycles. The Labute approximate surface area is 161 Å². The molecule has 140 valence electrons. The maximum absolute atomic E-state index is 12.0. The van der Waals surface area contributed by atoms with Crippen LogP contribution in [0.15, 0.2) is 58.0 Å². The molecule has 1 N–H and O–H groups in total. The van der Waals surface area contributed by atoms with Crippen molar-refractivity contribution in [2.24, 2.45) is 0 Å². The fourth-order valence-corrected chi connectivity index (χ4v) is 2.98. The Morgan fingerprint density at radius 3 is 2.59 bits per heavy atom. The number of halogens is 1. The zero-order valence-electron chi connectivity index (χ0n) is 14.9. The van der Waals surface area contributed by atoms with Gasteiger partial charge in [0.1, 0.15) is 0 Å². The van der Waals surface area contributed by atoms with Crippen molar-refractivity contribution in [1.82, 2.24) is 15.0 Å². The van der Waals surface area contributed by atoms with Crippen LogP contribution in [-0.4, -0.2) is 15.6 Å². The van der Waals surface area contributed by atoms with Crippen LogP contribution in [0.3, 0.4) is 0 Å². The van der Waals surface area contributed by atoms with Gasteiger partial charge in [0.2, 0.25) is 11.1 Å². The highest BCUT2D eigenvalue weighted by molar-refractivity contribution is 6.29. The van der Waals surface area contributed by atoms with E-state index in [1.807, 2.05) is 30.3 Å². The Bertz CT molecular complexity index is 957. The number of nitrogens with zero attached hydrogens (tertiary/aromatic N) is 2. The van der Waals surface area contributed by atoms with Crippen LogP contribution in [0.25, 0.3) is 0 Å². The summed E-state index contributed by atoms with van der Waals surface area (Å²) in [6.07, 6.45) is 2.57. The summed E-state index contributed by atoms with van der Waals surface area (Å²) in [7, 11) is 0. The minimum absolute atomic E-state index is 0.0306. The highest BCUT2D eigenvalue weighted by Gasteiger charge is 2.12. The third kappa shape index (κ3) is 5.08. The van der Waals surface area contributed by atoms with E-state index < -0.39 is 0 Å². The molecule has 0 atom stereocenters. The van der Waals surface area contributed by atoms with Crippen LogP contribution in [0.5, 0.6) is 0 Å². The van der Waals surface area contributed by atoms with Crippen molar-refractivity contribution in [3.8, 4) is 0 Å². The summed E-state index contributed by atoms with van der Waals surface area (Å²) in [4.78, 5) is 23.8. The summed E-state index contributed by atoms with van der Waals surface area (Å²) >= 11 is 5.90. The summed E-state index contributed by atoms with van der Waals surface area (Å²) in [6.45, 7) is 2.76. The molecule has 0 spiro atoms. The Hall–Kier alpha value is -2.86. The number of carbonyl (C=O) groups excluding carboxylic acids is 1. The zero-order chi connectivity index (χ0) is 19.2. The lowest BCUT2D eigenvalue weighted by Crippen LogP contribution is -2.23. The lowest BCUT2D eigenvalue weighted by Gasteiger charge is -2.08. The highest BCUT2D eigenvalue weighted by atomic mass is 35.5. The van der Waals surface area contributed by atoms with E-state index in [1.165, 1.54) is 6.07 Å². The van der Waals surface area contributed by atoms with Crippen molar-refractivity contribution in [1.29, 1.82) is 0 Å². The fraction of sp³-hybridized carbons (Fsp3) is 0.250. The molecule has 6 nitrogen and oxygen atoms in total. The molecule has 0 radical (unpaired) electrons. The lowest BCUT2D eigenvalue weighted by molar-refractivity contribution is -0.121. The summed E-state index contributed by atoms with van der Waals surface area (Å²) in [5, 5.41) is 6.91. The van der Waals surface area contributed by atoms with Crippen LogP contribution in [0.2, 0.25) is 5.22 Å². The Balaban J connectivity index is 1.49. The first-order chi connectivity index (χ1) is 13.0. The Kier molecular flexibility index (Phi) is 6.08. The zero-order valence-corrected chi connectivity index (χ0v) is 15.7. The molecule has 7 heteroatoms. The summed E-state index contributed by atoms with van der Waals surface area (Å²) in [5.74, 6) is -0.0634. The molecule has 0 saturated carbocycles. The molecule has 0 fully saturated rings. The van der Waals surface area contributed by atoms with Crippen LogP contribution in [0.1, 0.15) is 28.8 Å². The fourth-order valence-electron chi connectivity index (χ4n) is 2.72. The van der Waals surface area contributed by atoms with Gasteiger partial charge >= 0.3 is 0 Å². The number of rotatable bonds is 7. The number of aromatic nitrogens is 2. The van der Waals surface area contributed by atoms with E-state index in [0.29, 0.717) is 31.6 Å². The lowest BCUT2D eigenvalue weighted by atomic mass is 10.1. The third-order valence-corrected chi connectivity index (χ3v) is 4.60. The van der Waals surface area contributed by atoms with E-state index in [1.54, 1.807) is 23.8 Å². The predicted molar refractivity (Wildman–Crippen MR) is 103 cm³/mol. The van der Waals surface area contributed by atoms with Crippen molar-refractivity contribution in [3.63, 3.8) is 0 Å². The molecule has 0 aliphatic heterocycles. The minimum Gasteiger partial charge on any atom is -0.352 e. The second-order valence-corrected chi connectivity index (χ2v) is 6.62. The second-order valence-electron chi connectivity index (χ2n) is 6.28. The maximum atomic E-state index is 12.0. The summed E-state index contributed by atoms with van der Waals surface area (Å²) < 4.78 is 6.53. The first kappa shape index (κ1) is 18.9. The van der Waals surface area contributed by atoms with Gasteiger partial charge < -0.3 is 14.4 Å². The minimum atomic E-state index is -0.0634. The van der Waals surface area contributed by atoms with E-state index in [-0.39, 0.29) is 16.7 Å². The topological polar surface area (TPSA) is 77.1 Å². The molecule has 1 aromatic carbocycles. The van der Waals surface area contributed by atoms with E-state index in [4.69, 9.17) is 16.1 Å². The molecule has 0 saturated heterocycles. The number of aryl methyl sites for hydroxylation is 1. The van der Waals surface area contributed by atoms with Crippen molar-refractivity contribution >= 4 is 17.5 Å². The van der Waals surface area contributed by atoms with Crippen molar-refractivity contribution in [2.45, 2.75) is 32.9 Å². The number of nitrogens with one attached hydrogen (secondary N) is 1. The SMILES string of the molecule is Cc1noc(Cl)c1CCC(=O)NCc1ccc(Cn2ccccc2=O)cc1. The van der Waals surface area contributed by atoms with Crippen LogP contribution < -0.4 is 10.9 Å². The first-order valence-corrected chi connectivity index (χ1v) is 9.01. The molecule has 3 rings (SSSR count). The number of hydrogen-bond acceptors (Lipinski definition) is 4. The number of pyridine rings is 1. The Morgan fingerprint density at radius 1 is 1.19 bits per heavy atom. The van der Waals surface area contributed by atoms with E-state index in [2.05, 4.69) is 10.5 Å². The highest BCUT2D eigenvalue weighted by Crippen LogP contribution is 2.20. The number of hydrogen-bond donors (Lipinski definition) is 1. The van der Waals surface area contributed by atoms with Gasteiger partial charge in [0.15, 0.2) is 0 Å². The normalized spacial score (nSPS) is 10.7. The van der Waals surface area contributed by atoms with Gasteiger partial charge in [-0.05, 0) is 42.1 Å². The molecule has 27 heavy (non-hydrogen) atoms. The average molecular weight is 386 g/mol. The molecule has 0 aliphatic carbocycles. The van der Waals surface area contributed by atoms with E-state index in [9.17, 15) is 9.59 Å². The quantitative estimate of drug-likeness (QED) is 0.678. The summed E-state index contributed by atoms with van der Waals surface area (Å²) in [5.41, 5.74) is 3.47. The van der Waals surface area contributed by atoms with Crippen LogP contribution in [-0.2, 0) is 24.3 Å². The van der Waals surface area contributed by atoms with Crippen molar-refractivity contribution < 1.29 is 9.32 Å². The van der Waals surface area contributed by atoms with Gasteiger partial charge in [-0.1, -0.05) is 35.5 Å². The van der Waals surface area contributed by atoms with Gasteiger partial charge in [0.05, 0.1) is 12.2 Å². The molecule has 0 unspecified atom stereocenters. The molecular formula is C20H20ClN3O3. The van der Waals surface area contributed by atoms with Crippen LogP contribution >= 0.6 is 11.6 Å². The van der Waals surface area contributed by atoms with Gasteiger partial charge in [-0.2, -0.15) is 0 Å². The third-order valence-electron chi connectivity index (χ3n) is 4.30. The van der Waals surface area contributed by atoms with Crippen molar-refractivity contribution in [3.05, 3.63) is 86.6 Å². The van der Waals surface area contributed by atoms with Crippen LogP contribution in [0, 0.1) is 6.92 Å². The largest absolute Gasteiger partial charge is 0.352 e. The molecule has 0 bridgehead atoms. The van der Waals surface area contributed by atoms with Gasteiger partial charge in [0.25, 0.3) is 5.56 Å². The molecule has 0 aliphatic rings. The smallest absolute Gasteiger partial charge is 0.250 e. The average Bonchev–Trinajstić information content (AvgIpc) is 2.99. The van der Waals surface area contributed by atoms with Gasteiger partial charge in [-0.3, -0.25) is 9.59 Å². The maximum Gasteiger partial charge on any atom is 0.250 e. The molecule has 3 aromatic rings. The van der Waals surface area contributed by atoms with Gasteiger partial charge in [-0.25, -0.2) is 0 Å². The first-order valence-electron chi connectivity index (χ1n) is 8.63. The number of carbonyl (C=O) groups is 1. The van der Waals surface area contributed by atoms with E-state index in [0.717, 1.165) is 16.7 Å². The predicted octanol–water partition coefficient (Wildman–Crippen LogP) is 3.10. The Morgan fingerprint density at radius 2 is 1.93 bits per heavy atom. The standard InChI is InChI=1S/C20H20ClN3O3/c1-14-17(20(21)27-23-14)9-10-18(25)22-12-15-5-7-16(8-6-15)13-24-11-3-2-4-19(24)26/h2-8,11H,9-10,12-13H2,1H3,(H,22,25). The molecule has 1 amide bonds. The van der Waals surface area contributed by atoms with Gasteiger partial charge in [0, 0.05) is 30.8 Å². The molecular weight excluding hydrogens is 366 g/mol. The molecule has 2 aromatic heterocycles.